The van der Waals surface area contributed by atoms with Crippen molar-refractivity contribution >= 4 is 40.5 Å². The number of aromatic carboxylic acids is 1. The molecule has 100 valence electrons. The van der Waals surface area contributed by atoms with Gasteiger partial charge in [-0.3, -0.25) is 0 Å². The molecule has 0 aliphatic carbocycles. The number of nitrogens with zero attached hydrogens (tertiary/aromatic N) is 1. The quantitative estimate of drug-likeness (QED) is 0.872. The van der Waals surface area contributed by atoms with Crippen molar-refractivity contribution in [3.8, 4) is 10.6 Å². The monoisotopic (exact) mass is 315 g/mol. The molecular formula is C13H11Cl2NO2S. The average molecular weight is 316 g/mol. The number of carboxylic acids is 1. The number of halogens is 2. The van der Waals surface area contributed by atoms with Crippen LogP contribution in [-0.2, 0) is 0 Å². The Balaban J connectivity index is 2.54. The molecule has 0 aliphatic heterocycles. The van der Waals surface area contributed by atoms with Crippen LogP contribution in [0.15, 0.2) is 18.2 Å². The second-order valence-corrected chi connectivity index (χ2v) is 6.14. The third-order valence-corrected chi connectivity index (χ3v) is 4.41. The summed E-state index contributed by atoms with van der Waals surface area (Å²) in [4.78, 5) is 15.9. The zero-order chi connectivity index (χ0) is 14.2. The van der Waals surface area contributed by atoms with Crippen LogP contribution in [-0.4, -0.2) is 16.1 Å². The van der Waals surface area contributed by atoms with Crippen molar-refractivity contribution in [2.24, 2.45) is 0 Å². The van der Waals surface area contributed by atoms with E-state index in [2.05, 4.69) is 4.98 Å². The first-order valence-corrected chi connectivity index (χ1v) is 7.16. The highest BCUT2D eigenvalue weighted by molar-refractivity contribution is 7.17. The van der Waals surface area contributed by atoms with Gasteiger partial charge in [0.25, 0.3) is 0 Å². The van der Waals surface area contributed by atoms with E-state index < -0.39 is 5.97 Å². The molecule has 0 fully saturated rings. The summed E-state index contributed by atoms with van der Waals surface area (Å²) in [6, 6.07) is 5.15. The first-order valence-electron chi connectivity index (χ1n) is 5.59. The van der Waals surface area contributed by atoms with Gasteiger partial charge >= 0.3 is 5.97 Å². The standard InChI is InChI=1S/C13H11Cl2NO2S/c1-6(2)10-11(13(17)18)19-12(16-10)7-3-4-8(14)9(15)5-7/h3-6H,1-2H3,(H,17,18). The number of carboxylic acid groups (broad SMARTS) is 1. The summed E-state index contributed by atoms with van der Waals surface area (Å²) in [5.41, 5.74) is 1.37. The molecule has 3 nitrogen and oxygen atoms in total. The van der Waals surface area contributed by atoms with Crippen LogP contribution in [0.5, 0.6) is 0 Å². The van der Waals surface area contributed by atoms with Crippen molar-refractivity contribution in [2.45, 2.75) is 19.8 Å². The largest absolute Gasteiger partial charge is 0.477 e. The fourth-order valence-electron chi connectivity index (χ4n) is 1.63. The van der Waals surface area contributed by atoms with Crippen LogP contribution in [0, 0.1) is 0 Å². The molecule has 0 atom stereocenters. The molecular weight excluding hydrogens is 305 g/mol. The predicted molar refractivity (Wildman–Crippen MR) is 78.6 cm³/mol. The molecule has 6 heteroatoms. The highest BCUT2D eigenvalue weighted by Gasteiger charge is 2.20. The van der Waals surface area contributed by atoms with Crippen LogP contribution >= 0.6 is 34.5 Å². The minimum atomic E-state index is -0.951. The fraction of sp³-hybridized carbons (Fsp3) is 0.231. The number of aromatic nitrogens is 1. The van der Waals surface area contributed by atoms with E-state index in [0.717, 1.165) is 16.9 Å². The Bertz CT molecular complexity index is 638. The lowest BCUT2D eigenvalue weighted by Gasteiger charge is -2.01. The van der Waals surface area contributed by atoms with E-state index in [4.69, 9.17) is 23.2 Å². The molecule has 1 heterocycles. The van der Waals surface area contributed by atoms with Crippen LogP contribution in [0.25, 0.3) is 10.6 Å². The van der Waals surface area contributed by atoms with Gasteiger partial charge in [-0.1, -0.05) is 43.1 Å². The first-order chi connectivity index (χ1) is 8.90. The third-order valence-electron chi connectivity index (χ3n) is 2.56. The lowest BCUT2D eigenvalue weighted by Crippen LogP contribution is -2.00. The molecule has 2 aromatic rings. The molecule has 0 aliphatic rings. The minimum absolute atomic E-state index is 0.0545. The van der Waals surface area contributed by atoms with E-state index in [1.54, 1.807) is 18.2 Å². The summed E-state index contributed by atoms with van der Waals surface area (Å²) in [5, 5.41) is 10.7. The zero-order valence-electron chi connectivity index (χ0n) is 10.3. The van der Waals surface area contributed by atoms with Gasteiger partial charge in [-0.25, -0.2) is 9.78 Å². The minimum Gasteiger partial charge on any atom is -0.477 e. The molecule has 0 saturated carbocycles. The maximum Gasteiger partial charge on any atom is 0.347 e. The van der Waals surface area contributed by atoms with Crippen molar-refractivity contribution in [3.05, 3.63) is 38.8 Å². The van der Waals surface area contributed by atoms with E-state index in [1.807, 2.05) is 13.8 Å². The van der Waals surface area contributed by atoms with Gasteiger partial charge in [-0.15, -0.1) is 11.3 Å². The molecule has 0 bridgehead atoms. The average Bonchev–Trinajstić information content (AvgIpc) is 2.78. The molecule has 0 saturated heterocycles. The molecule has 0 unspecified atom stereocenters. The zero-order valence-corrected chi connectivity index (χ0v) is 12.6. The SMILES string of the molecule is CC(C)c1nc(-c2ccc(Cl)c(Cl)c2)sc1C(=O)O. The maximum absolute atomic E-state index is 11.2. The molecule has 0 spiro atoms. The summed E-state index contributed by atoms with van der Waals surface area (Å²) in [7, 11) is 0. The van der Waals surface area contributed by atoms with Crippen molar-refractivity contribution < 1.29 is 9.90 Å². The van der Waals surface area contributed by atoms with Crippen molar-refractivity contribution in [3.63, 3.8) is 0 Å². The highest BCUT2D eigenvalue weighted by Crippen LogP contribution is 2.34. The normalized spacial score (nSPS) is 11.0. The van der Waals surface area contributed by atoms with Crippen molar-refractivity contribution in [1.82, 2.24) is 4.98 Å². The Morgan fingerprint density at radius 1 is 1.32 bits per heavy atom. The van der Waals surface area contributed by atoms with Crippen molar-refractivity contribution in [1.29, 1.82) is 0 Å². The van der Waals surface area contributed by atoms with Crippen LogP contribution in [0.1, 0.15) is 35.1 Å². The van der Waals surface area contributed by atoms with Crippen LogP contribution in [0.4, 0.5) is 0 Å². The van der Waals surface area contributed by atoms with Gasteiger partial charge in [0.05, 0.1) is 15.7 Å². The fourth-order valence-corrected chi connectivity index (χ4v) is 2.98. The number of thiazole rings is 1. The van der Waals surface area contributed by atoms with Crippen LogP contribution < -0.4 is 0 Å². The second kappa shape index (κ2) is 5.49. The molecule has 2 rings (SSSR count). The molecule has 1 aromatic carbocycles. The number of hydrogen-bond acceptors (Lipinski definition) is 3. The smallest absolute Gasteiger partial charge is 0.347 e. The van der Waals surface area contributed by atoms with E-state index in [1.165, 1.54) is 0 Å². The Morgan fingerprint density at radius 2 is 2.00 bits per heavy atom. The molecule has 0 amide bonds. The van der Waals surface area contributed by atoms with E-state index in [0.29, 0.717) is 20.7 Å². The number of benzene rings is 1. The topological polar surface area (TPSA) is 50.2 Å². The van der Waals surface area contributed by atoms with E-state index in [9.17, 15) is 9.90 Å². The molecule has 0 radical (unpaired) electrons. The Kier molecular flexibility index (Phi) is 4.13. The first kappa shape index (κ1) is 14.3. The summed E-state index contributed by atoms with van der Waals surface area (Å²) >= 11 is 13.0. The predicted octanol–water partition coefficient (Wildman–Crippen LogP) is 4.94. The van der Waals surface area contributed by atoms with Gasteiger partial charge in [0.1, 0.15) is 9.88 Å². The van der Waals surface area contributed by atoms with Gasteiger partial charge in [-0.05, 0) is 18.1 Å². The van der Waals surface area contributed by atoms with E-state index >= 15 is 0 Å². The van der Waals surface area contributed by atoms with Crippen LogP contribution in [0.2, 0.25) is 10.0 Å². The Hall–Kier alpha value is -1.10. The van der Waals surface area contributed by atoms with Gasteiger partial charge in [-0.2, -0.15) is 0 Å². The van der Waals surface area contributed by atoms with E-state index in [-0.39, 0.29) is 10.8 Å². The Labute approximate surface area is 124 Å². The number of carbonyl (C=O) groups is 1. The summed E-state index contributed by atoms with van der Waals surface area (Å²) in [6.45, 7) is 3.83. The maximum atomic E-state index is 11.2. The lowest BCUT2D eigenvalue weighted by molar-refractivity contribution is 0.0700. The molecule has 1 N–H and O–H groups in total. The van der Waals surface area contributed by atoms with Gasteiger partial charge in [0, 0.05) is 5.56 Å². The number of rotatable bonds is 3. The molecule has 19 heavy (non-hydrogen) atoms. The van der Waals surface area contributed by atoms with Crippen LogP contribution in [0.3, 0.4) is 0 Å². The van der Waals surface area contributed by atoms with Crippen molar-refractivity contribution in [2.75, 3.05) is 0 Å². The van der Waals surface area contributed by atoms with Gasteiger partial charge < -0.3 is 5.11 Å². The summed E-state index contributed by atoms with van der Waals surface area (Å²) < 4.78 is 0. The number of hydrogen-bond donors (Lipinski definition) is 1. The third kappa shape index (κ3) is 2.91. The summed E-state index contributed by atoms with van der Waals surface area (Å²) in [6.07, 6.45) is 0. The summed E-state index contributed by atoms with van der Waals surface area (Å²) in [5.74, 6) is -0.897. The Morgan fingerprint density at radius 3 is 2.47 bits per heavy atom. The highest BCUT2D eigenvalue weighted by atomic mass is 35.5. The van der Waals surface area contributed by atoms with Gasteiger partial charge in [0.2, 0.25) is 0 Å². The van der Waals surface area contributed by atoms with Gasteiger partial charge in [0.15, 0.2) is 0 Å². The lowest BCUT2D eigenvalue weighted by atomic mass is 10.1. The second-order valence-electron chi connectivity index (χ2n) is 4.32. The molecule has 1 aromatic heterocycles.